The number of nitrogens with zero attached hydrogens (tertiary/aromatic N) is 1. The SMILES string of the molecule is CN(CCN)S(=O)(=O)NC(C)(C)C. The smallest absolute Gasteiger partial charge is 0.279 e. The Balaban J connectivity index is 4.41. The third-order valence-corrected chi connectivity index (χ3v) is 3.16. The lowest BCUT2D eigenvalue weighted by atomic mass is 10.1. The fourth-order valence-corrected chi connectivity index (χ4v) is 2.04. The van der Waals surface area contributed by atoms with Gasteiger partial charge in [0.15, 0.2) is 0 Å². The van der Waals surface area contributed by atoms with Crippen LogP contribution in [0.25, 0.3) is 0 Å². The molecule has 0 spiro atoms. The van der Waals surface area contributed by atoms with Crippen LogP contribution in [0.15, 0.2) is 0 Å². The zero-order valence-corrected chi connectivity index (χ0v) is 9.48. The van der Waals surface area contributed by atoms with Crippen LogP contribution in [0, 0.1) is 0 Å². The molecule has 0 saturated heterocycles. The minimum atomic E-state index is -3.38. The molecule has 0 aromatic carbocycles. The molecule has 0 saturated carbocycles. The molecule has 0 bridgehead atoms. The highest BCUT2D eigenvalue weighted by Crippen LogP contribution is 2.04. The Morgan fingerprint density at radius 3 is 2.15 bits per heavy atom. The van der Waals surface area contributed by atoms with Gasteiger partial charge >= 0.3 is 0 Å². The van der Waals surface area contributed by atoms with Crippen molar-refractivity contribution < 1.29 is 8.42 Å². The van der Waals surface area contributed by atoms with E-state index in [1.807, 2.05) is 0 Å². The summed E-state index contributed by atoms with van der Waals surface area (Å²) in [6, 6.07) is 0. The standard InChI is InChI=1S/C7H19N3O2S/c1-7(2,3)9-13(11,12)10(4)6-5-8/h9H,5-6,8H2,1-4H3. The minimum Gasteiger partial charge on any atom is -0.329 e. The third kappa shape index (κ3) is 5.20. The van der Waals surface area contributed by atoms with Crippen LogP contribution in [0.3, 0.4) is 0 Å². The summed E-state index contributed by atoms with van der Waals surface area (Å²) in [6.07, 6.45) is 0. The predicted octanol–water partition coefficient (Wildman–Crippen LogP) is -0.490. The lowest BCUT2D eigenvalue weighted by molar-refractivity contribution is 0.427. The van der Waals surface area contributed by atoms with Crippen molar-refractivity contribution in [2.45, 2.75) is 26.3 Å². The molecule has 0 fully saturated rings. The van der Waals surface area contributed by atoms with Crippen LogP contribution in [0.2, 0.25) is 0 Å². The second kappa shape index (κ2) is 4.36. The van der Waals surface area contributed by atoms with Crippen molar-refractivity contribution in [3.8, 4) is 0 Å². The molecule has 0 heterocycles. The molecule has 80 valence electrons. The molecular weight excluding hydrogens is 190 g/mol. The van der Waals surface area contributed by atoms with Gasteiger partial charge in [0.2, 0.25) is 0 Å². The monoisotopic (exact) mass is 209 g/mol. The van der Waals surface area contributed by atoms with Crippen molar-refractivity contribution in [1.29, 1.82) is 0 Å². The lowest BCUT2D eigenvalue weighted by Gasteiger charge is -2.24. The molecule has 0 aliphatic rings. The molecule has 3 N–H and O–H groups in total. The first-order valence-corrected chi connectivity index (χ1v) is 5.58. The van der Waals surface area contributed by atoms with E-state index >= 15 is 0 Å². The zero-order chi connectivity index (χ0) is 10.7. The van der Waals surface area contributed by atoms with Gasteiger partial charge in [0.1, 0.15) is 0 Å². The largest absolute Gasteiger partial charge is 0.329 e. The van der Waals surface area contributed by atoms with Gasteiger partial charge < -0.3 is 5.73 Å². The molecule has 0 aliphatic carbocycles. The Labute approximate surface area is 80.5 Å². The molecule has 13 heavy (non-hydrogen) atoms. The maximum Gasteiger partial charge on any atom is 0.279 e. The van der Waals surface area contributed by atoms with Crippen LogP contribution in [0.5, 0.6) is 0 Å². The fraction of sp³-hybridized carbons (Fsp3) is 1.00. The summed E-state index contributed by atoms with van der Waals surface area (Å²) in [6.45, 7) is 6.02. The second-order valence-corrected chi connectivity index (χ2v) is 5.74. The third-order valence-electron chi connectivity index (χ3n) is 1.29. The zero-order valence-electron chi connectivity index (χ0n) is 8.66. The molecule has 0 rings (SSSR count). The van der Waals surface area contributed by atoms with E-state index in [-0.39, 0.29) is 0 Å². The van der Waals surface area contributed by atoms with Gasteiger partial charge in [0.05, 0.1) is 0 Å². The Morgan fingerprint density at radius 2 is 1.85 bits per heavy atom. The molecule has 6 heteroatoms. The summed E-state index contributed by atoms with van der Waals surface area (Å²) < 4.78 is 26.7. The van der Waals surface area contributed by atoms with Crippen LogP contribution in [0.1, 0.15) is 20.8 Å². The van der Waals surface area contributed by atoms with E-state index in [1.165, 1.54) is 11.4 Å². The first-order chi connectivity index (χ1) is 5.69. The number of hydrogen-bond donors (Lipinski definition) is 2. The lowest BCUT2D eigenvalue weighted by Crippen LogP contribution is -2.48. The van der Waals surface area contributed by atoms with Crippen LogP contribution < -0.4 is 10.5 Å². The highest BCUT2D eigenvalue weighted by Gasteiger charge is 2.23. The Bertz CT molecular complexity index is 243. The first-order valence-electron chi connectivity index (χ1n) is 4.14. The van der Waals surface area contributed by atoms with Crippen molar-refractivity contribution in [1.82, 2.24) is 9.03 Å². The molecule has 0 aromatic rings. The van der Waals surface area contributed by atoms with E-state index in [2.05, 4.69) is 4.72 Å². The van der Waals surface area contributed by atoms with E-state index in [0.717, 1.165) is 0 Å². The number of hydrogen-bond acceptors (Lipinski definition) is 3. The van der Waals surface area contributed by atoms with Crippen molar-refractivity contribution in [3.63, 3.8) is 0 Å². The quantitative estimate of drug-likeness (QED) is 0.656. The van der Waals surface area contributed by atoms with Gasteiger partial charge in [0, 0.05) is 25.7 Å². The summed E-state index contributed by atoms with van der Waals surface area (Å²) >= 11 is 0. The normalized spacial score (nSPS) is 13.7. The average Bonchev–Trinajstić information content (AvgIpc) is 1.82. The van der Waals surface area contributed by atoms with Gasteiger partial charge in [-0.3, -0.25) is 0 Å². The van der Waals surface area contributed by atoms with E-state index < -0.39 is 15.7 Å². The molecule has 0 aromatic heterocycles. The van der Waals surface area contributed by atoms with Crippen molar-refractivity contribution in [2.24, 2.45) is 5.73 Å². The van der Waals surface area contributed by atoms with Crippen LogP contribution in [-0.4, -0.2) is 38.4 Å². The summed E-state index contributed by atoms with van der Waals surface area (Å²) in [5.41, 5.74) is 4.80. The molecule has 0 radical (unpaired) electrons. The van der Waals surface area contributed by atoms with Crippen LogP contribution in [-0.2, 0) is 10.2 Å². The molecular formula is C7H19N3O2S. The van der Waals surface area contributed by atoms with Gasteiger partial charge in [0.25, 0.3) is 10.2 Å². The topological polar surface area (TPSA) is 75.4 Å². The predicted molar refractivity (Wildman–Crippen MR) is 53.5 cm³/mol. The van der Waals surface area contributed by atoms with E-state index in [0.29, 0.717) is 13.1 Å². The number of rotatable bonds is 4. The number of likely N-dealkylation sites (N-methyl/N-ethyl adjacent to an activating group) is 1. The number of nitrogens with one attached hydrogen (secondary N) is 1. The number of nitrogens with two attached hydrogens (primary N) is 1. The summed E-state index contributed by atoms with van der Waals surface area (Å²) in [4.78, 5) is 0. The molecule has 0 amide bonds. The molecule has 5 nitrogen and oxygen atoms in total. The summed E-state index contributed by atoms with van der Waals surface area (Å²) in [5.74, 6) is 0. The Kier molecular flexibility index (Phi) is 4.31. The minimum absolute atomic E-state index is 0.321. The van der Waals surface area contributed by atoms with Gasteiger partial charge in [-0.15, -0.1) is 0 Å². The summed E-state index contributed by atoms with van der Waals surface area (Å²) in [7, 11) is -1.88. The fourth-order valence-electron chi connectivity index (χ4n) is 0.767. The van der Waals surface area contributed by atoms with E-state index in [4.69, 9.17) is 5.73 Å². The van der Waals surface area contributed by atoms with Crippen LogP contribution >= 0.6 is 0 Å². The van der Waals surface area contributed by atoms with Gasteiger partial charge in [-0.1, -0.05) is 0 Å². The van der Waals surface area contributed by atoms with Crippen molar-refractivity contribution in [2.75, 3.05) is 20.1 Å². The molecule has 0 unspecified atom stereocenters. The highest BCUT2D eigenvalue weighted by atomic mass is 32.2. The van der Waals surface area contributed by atoms with Gasteiger partial charge in [-0.05, 0) is 20.8 Å². The van der Waals surface area contributed by atoms with Crippen LogP contribution in [0.4, 0.5) is 0 Å². The Hall–Kier alpha value is -0.170. The molecule has 0 atom stereocenters. The highest BCUT2D eigenvalue weighted by molar-refractivity contribution is 7.87. The van der Waals surface area contributed by atoms with Crippen molar-refractivity contribution >= 4 is 10.2 Å². The first kappa shape index (κ1) is 12.8. The molecule has 0 aliphatic heterocycles. The maximum absolute atomic E-state index is 11.5. The van der Waals surface area contributed by atoms with E-state index in [9.17, 15) is 8.42 Å². The second-order valence-electron chi connectivity index (χ2n) is 3.97. The van der Waals surface area contributed by atoms with E-state index in [1.54, 1.807) is 20.8 Å². The summed E-state index contributed by atoms with van der Waals surface area (Å²) in [5, 5.41) is 0. The maximum atomic E-state index is 11.5. The van der Waals surface area contributed by atoms with Crippen molar-refractivity contribution in [3.05, 3.63) is 0 Å². The van der Waals surface area contributed by atoms with Gasteiger partial charge in [-0.2, -0.15) is 17.4 Å². The Morgan fingerprint density at radius 1 is 1.38 bits per heavy atom. The van der Waals surface area contributed by atoms with Gasteiger partial charge in [-0.25, -0.2) is 0 Å². The average molecular weight is 209 g/mol.